The highest BCUT2D eigenvalue weighted by atomic mass is 16.5. The van der Waals surface area contributed by atoms with Crippen LogP contribution in [-0.2, 0) is 9.53 Å². The average molecular weight is 300 g/mol. The first-order valence-electron chi connectivity index (χ1n) is 8.04. The minimum absolute atomic E-state index is 0.00549. The van der Waals surface area contributed by atoms with Crippen LogP contribution in [0.2, 0.25) is 0 Å². The summed E-state index contributed by atoms with van der Waals surface area (Å²) < 4.78 is 5.82. The van der Waals surface area contributed by atoms with Crippen LogP contribution in [0.4, 0.5) is 0 Å². The SMILES string of the molecule is C=CCC1=C(C)[C@H](OC(=O)[C@H]2[C@H](C=C(C)C)C2(C)C)CC1=C. The Morgan fingerprint density at radius 3 is 2.59 bits per heavy atom. The Morgan fingerprint density at radius 1 is 1.41 bits per heavy atom. The minimum Gasteiger partial charge on any atom is -0.457 e. The first kappa shape index (κ1) is 16.8. The molecule has 0 bridgehead atoms. The number of rotatable bonds is 5. The van der Waals surface area contributed by atoms with Crippen molar-refractivity contribution in [3.05, 3.63) is 47.6 Å². The van der Waals surface area contributed by atoms with Gasteiger partial charge in [-0.1, -0.05) is 38.2 Å². The second-order valence-corrected chi connectivity index (χ2v) is 7.46. The average Bonchev–Trinajstić information content (AvgIpc) is 2.83. The van der Waals surface area contributed by atoms with Crippen molar-refractivity contribution in [3.63, 3.8) is 0 Å². The Kier molecular flexibility index (Phi) is 4.51. The largest absolute Gasteiger partial charge is 0.457 e. The van der Waals surface area contributed by atoms with Gasteiger partial charge in [0, 0.05) is 6.42 Å². The molecular formula is C20H28O2. The van der Waals surface area contributed by atoms with Crippen molar-refractivity contribution in [2.75, 3.05) is 0 Å². The summed E-state index contributed by atoms with van der Waals surface area (Å²) >= 11 is 0. The molecule has 0 aromatic rings. The molecule has 2 aliphatic carbocycles. The van der Waals surface area contributed by atoms with Gasteiger partial charge in [0.25, 0.3) is 0 Å². The zero-order chi connectivity index (χ0) is 16.7. The summed E-state index contributed by atoms with van der Waals surface area (Å²) in [7, 11) is 0. The highest BCUT2D eigenvalue weighted by Gasteiger charge is 2.61. The molecule has 2 heteroatoms. The van der Waals surface area contributed by atoms with E-state index in [0.717, 1.165) is 24.0 Å². The Labute approximate surface area is 134 Å². The monoisotopic (exact) mass is 300 g/mol. The fourth-order valence-electron chi connectivity index (χ4n) is 3.56. The van der Waals surface area contributed by atoms with Crippen molar-refractivity contribution >= 4 is 5.97 Å². The van der Waals surface area contributed by atoms with Crippen molar-refractivity contribution in [1.82, 2.24) is 0 Å². The number of carbonyl (C=O) groups is 1. The van der Waals surface area contributed by atoms with Gasteiger partial charge in [-0.25, -0.2) is 0 Å². The fourth-order valence-corrected chi connectivity index (χ4v) is 3.56. The summed E-state index contributed by atoms with van der Waals surface area (Å²) in [5.41, 5.74) is 4.67. The highest BCUT2D eigenvalue weighted by molar-refractivity contribution is 5.79. The quantitative estimate of drug-likeness (QED) is 0.528. The van der Waals surface area contributed by atoms with Crippen molar-refractivity contribution < 1.29 is 9.53 Å². The topological polar surface area (TPSA) is 26.3 Å². The zero-order valence-electron chi connectivity index (χ0n) is 14.5. The summed E-state index contributed by atoms with van der Waals surface area (Å²) in [6.07, 6.45) is 5.46. The van der Waals surface area contributed by atoms with Gasteiger partial charge >= 0.3 is 5.97 Å². The molecule has 1 saturated carbocycles. The zero-order valence-corrected chi connectivity index (χ0v) is 14.5. The van der Waals surface area contributed by atoms with Crippen LogP contribution >= 0.6 is 0 Å². The maximum Gasteiger partial charge on any atom is 0.310 e. The first-order valence-corrected chi connectivity index (χ1v) is 8.04. The number of hydrogen-bond acceptors (Lipinski definition) is 2. The smallest absolute Gasteiger partial charge is 0.310 e. The summed E-state index contributed by atoms with van der Waals surface area (Å²) in [6, 6.07) is 0. The van der Waals surface area contributed by atoms with Gasteiger partial charge in [-0.15, -0.1) is 6.58 Å². The fraction of sp³-hybridized carbons (Fsp3) is 0.550. The van der Waals surface area contributed by atoms with Crippen LogP contribution in [0.5, 0.6) is 0 Å². The standard InChI is InChI=1S/C20H28O2/c1-8-9-15-13(4)11-17(14(15)5)22-19(21)18-16(10-12(2)3)20(18,6)7/h8,10,16-18H,1,4,9,11H2,2-3,5-7H3/t16-,17+,18+/m0/s1. The van der Waals surface area contributed by atoms with Crippen LogP contribution in [0.15, 0.2) is 47.6 Å². The molecule has 0 unspecified atom stereocenters. The molecule has 0 amide bonds. The summed E-state index contributed by atoms with van der Waals surface area (Å²) in [5.74, 6) is 0.211. The third-order valence-corrected chi connectivity index (χ3v) is 5.10. The predicted molar refractivity (Wildman–Crippen MR) is 91.3 cm³/mol. The predicted octanol–water partition coefficient (Wildman–Crippen LogP) is 4.99. The third kappa shape index (κ3) is 2.97. The van der Waals surface area contributed by atoms with Gasteiger partial charge < -0.3 is 4.74 Å². The van der Waals surface area contributed by atoms with Crippen LogP contribution in [-0.4, -0.2) is 12.1 Å². The maximum atomic E-state index is 12.6. The van der Waals surface area contributed by atoms with Crippen molar-refractivity contribution in [2.45, 2.75) is 53.6 Å². The van der Waals surface area contributed by atoms with E-state index in [2.05, 4.69) is 46.9 Å². The molecule has 0 aromatic heterocycles. The van der Waals surface area contributed by atoms with Gasteiger partial charge in [-0.3, -0.25) is 4.79 Å². The lowest BCUT2D eigenvalue weighted by atomic mass is 10.1. The second-order valence-electron chi connectivity index (χ2n) is 7.46. The van der Waals surface area contributed by atoms with E-state index in [9.17, 15) is 4.79 Å². The van der Waals surface area contributed by atoms with Gasteiger partial charge in [0.2, 0.25) is 0 Å². The second kappa shape index (κ2) is 5.91. The maximum absolute atomic E-state index is 12.6. The summed E-state index contributed by atoms with van der Waals surface area (Å²) in [4.78, 5) is 12.6. The van der Waals surface area contributed by atoms with E-state index < -0.39 is 0 Å². The van der Waals surface area contributed by atoms with Gasteiger partial charge in [0.1, 0.15) is 6.10 Å². The molecule has 1 fully saturated rings. The minimum atomic E-state index is -0.140. The number of carbonyl (C=O) groups excluding carboxylic acids is 1. The van der Waals surface area contributed by atoms with Crippen molar-refractivity contribution in [2.24, 2.45) is 17.3 Å². The number of hydrogen-bond donors (Lipinski definition) is 0. The highest BCUT2D eigenvalue weighted by Crippen LogP contribution is 2.60. The van der Waals surface area contributed by atoms with Crippen LogP contribution in [0, 0.1) is 17.3 Å². The normalized spacial score (nSPS) is 29.3. The van der Waals surface area contributed by atoms with E-state index in [1.807, 2.05) is 13.0 Å². The van der Waals surface area contributed by atoms with E-state index in [4.69, 9.17) is 4.74 Å². The number of ether oxygens (including phenoxy) is 1. The molecule has 3 atom stereocenters. The molecule has 2 nitrogen and oxygen atoms in total. The molecule has 0 aliphatic heterocycles. The van der Waals surface area contributed by atoms with Crippen LogP contribution in [0.25, 0.3) is 0 Å². The molecule has 0 aromatic carbocycles. The van der Waals surface area contributed by atoms with Crippen LogP contribution < -0.4 is 0 Å². The van der Waals surface area contributed by atoms with Gasteiger partial charge in [-0.2, -0.15) is 0 Å². The van der Waals surface area contributed by atoms with E-state index in [1.165, 1.54) is 11.1 Å². The molecule has 0 saturated heterocycles. The molecule has 2 rings (SSSR count). The van der Waals surface area contributed by atoms with Crippen LogP contribution in [0.1, 0.15) is 47.5 Å². The Hall–Kier alpha value is -1.57. The lowest BCUT2D eigenvalue weighted by Gasteiger charge is -2.14. The third-order valence-electron chi connectivity index (χ3n) is 5.10. The molecule has 22 heavy (non-hydrogen) atoms. The molecule has 0 radical (unpaired) electrons. The summed E-state index contributed by atoms with van der Waals surface area (Å²) in [5, 5.41) is 0. The van der Waals surface area contributed by atoms with Crippen molar-refractivity contribution in [1.29, 1.82) is 0 Å². The van der Waals surface area contributed by atoms with Crippen LogP contribution in [0.3, 0.4) is 0 Å². The summed E-state index contributed by atoms with van der Waals surface area (Å²) in [6.45, 7) is 18.4. The Bertz CT molecular complexity index is 571. The number of allylic oxidation sites excluding steroid dienone is 4. The first-order chi connectivity index (χ1) is 10.2. The van der Waals surface area contributed by atoms with E-state index in [0.29, 0.717) is 5.92 Å². The van der Waals surface area contributed by atoms with E-state index >= 15 is 0 Å². The molecule has 0 N–H and O–H groups in total. The van der Waals surface area contributed by atoms with E-state index in [-0.39, 0.29) is 23.4 Å². The lowest BCUT2D eigenvalue weighted by Crippen LogP contribution is -2.20. The van der Waals surface area contributed by atoms with Gasteiger partial charge in [0.15, 0.2) is 0 Å². The Balaban J connectivity index is 2.07. The molecule has 2 aliphatic rings. The molecule has 0 heterocycles. The molecule has 0 spiro atoms. The van der Waals surface area contributed by atoms with Crippen molar-refractivity contribution in [3.8, 4) is 0 Å². The van der Waals surface area contributed by atoms with Gasteiger partial charge in [-0.05, 0) is 55.2 Å². The number of esters is 1. The lowest BCUT2D eigenvalue weighted by molar-refractivity contribution is -0.149. The molecular weight excluding hydrogens is 272 g/mol. The molecule has 120 valence electrons. The van der Waals surface area contributed by atoms with Gasteiger partial charge in [0.05, 0.1) is 5.92 Å². The van der Waals surface area contributed by atoms with E-state index in [1.54, 1.807) is 0 Å². The Morgan fingerprint density at radius 2 is 2.05 bits per heavy atom.